The molecule has 26 aromatic rings. The van der Waals surface area contributed by atoms with Gasteiger partial charge in [0, 0.05) is 152 Å². The van der Waals surface area contributed by atoms with Crippen molar-refractivity contribution in [2.75, 3.05) is 0 Å². The highest BCUT2D eigenvalue weighted by atomic mass is 32.1. The molecule has 11 heteroatoms. The van der Waals surface area contributed by atoms with Crippen LogP contribution in [0, 0.1) is 0 Å². The molecule has 8 aromatic heterocycles. The monoisotopic (exact) mass is 1850 g/mol. The zero-order valence-corrected chi connectivity index (χ0v) is 81.0. The smallest absolute Gasteiger partial charge is 0.160 e. The average Bonchev–Trinajstić information content (AvgIpc) is 1.56. The van der Waals surface area contributed by atoms with E-state index in [0.29, 0.717) is 0 Å². The molecule has 0 N–H and O–H groups in total. The van der Waals surface area contributed by atoms with Crippen LogP contribution < -0.4 is 0 Å². The Labute approximate surface area is 830 Å². The van der Waals surface area contributed by atoms with E-state index in [9.17, 15) is 0 Å². The van der Waals surface area contributed by atoms with Crippen molar-refractivity contribution in [2.45, 2.75) is 77.0 Å². The Balaban J connectivity index is 0.000000105. The topological polar surface area (TPSA) is 105 Å². The van der Waals surface area contributed by atoms with Crippen LogP contribution in [0.2, 0.25) is 0 Å². The van der Waals surface area contributed by atoms with E-state index in [2.05, 4.69) is 457 Å². The second kappa shape index (κ2) is 31.6. The molecule has 0 aliphatic heterocycles. The molecule has 0 amide bonds. The lowest BCUT2D eigenvalue weighted by Gasteiger charge is -2.21. The maximum absolute atomic E-state index is 6.31. The number of para-hydroxylation sites is 4. The zero-order chi connectivity index (χ0) is 95.6. The third-order valence-electron chi connectivity index (χ3n) is 31.1. The van der Waals surface area contributed by atoms with Crippen LogP contribution in [-0.2, 0) is 21.7 Å². The molecule has 10 nitrogen and oxygen atoms in total. The van der Waals surface area contributed by atoms with Gasteiger partial charge in [0.2, 0.25) is 0 Å². The van der Waals surface area contributed by atoms with Crippen LogP contribution in [0.15, 0.2) is 423 Å². The molecule has 0 bridgehead atoms. The minimum Gasteiger partial charge on any atom is -0.456 e. The Morgan fingerprint density at radius 1 is 0.203 bits per heavy atom. The summed E-state index contributed by atoms with van der Waals surface area (Å²) < 4.78 is 16.2. The minimum atomic E-state index is -0.254. The first-order chi connectivity index (χ1) is 69.9. The van der Waals surface area contributed by atoms with Crippen molar-refractivity contribution in [3.63, 3.8) is 0 Å². The van der Waals surface area contributed by atoms with Crippen molar-refractivity contribution >= 4 is 119 Å². The molecule has 678 valence electrons. The highest BCUT2D eigenvalue weighted by molar-refractivity contribution is 7.25. The van der Waals surface area contributed by atoms with E-state index >= 15 is 0 Å². The van der Waals surface area contributed by atoms with Gasteiger partial charge in [-0.25, -0.2) is 29.9 Å². The Kier molecular flexibility index (Phi) is 18.5. The van der Waals surface area contributed by atoms with E-state index in [-0.39, 0.29) is 21.7 Å². The third kappa shape index (κ3) is 12.7. The largest absolute Gasteiger partial charge is 0.456 e. The van der Waals surface area contributed by atoms with Crippen molar-refractivity contribution in [1.82, 2.24) is 43.6 Å². The van der Waals surface area contributed by atoms with Gasteiger partial charge in [-0.1, -0.05) is 371 Å². The molecule has 0 unspecified atom stereocenters. The van der Waals surface area contributed by atoms with Crippen molar-refractivity contribution in [2.24, 2.45) is 0 Å². The van der Waals surface area contributed by atoms with Gasteiger partial charge in [0.05, 0.1) is 67.3 Å². The van der Waals surface area contributed by atoms with Gasteiger partial charge >= 0.3 is 0 Å². The van der Waals surface area contributed by atoms with E-state index in [4.69, 9.17) is 34.3 Å². The van der Waals surface area contributed by atoms with E-state index in [1.807, 2.05) is 41.7 Å². The molecule has 0 radical (unpaired) electrons. The summed E-state index contributed by atoms with van der Waals surface area (Å²) in [6.45, 7) is 18.4. The van der Waals surface area contributed by atoms with Crippen LogP contribution in [0.1, 0.15) is 100 Å². The lowest BCUT2D eigenvalue weighted by atomic mass is 9.82. The molecular weight excluding hydrogens is 1760 g/mol. The molecule has 0 atom stereocenters. The first-order valence-electron chi connectivity index (χ1n) is 49.4. The number of hydrogen-bond acceptors (Lipinski definition) is 8. The molecule has 0 saturated heterocycles. The highest BCUT2D eigenvalue weighted by Gasteiger charge is 2.44. The first kappa shape index (κ1) is 83.8. The second-order valence-corrected chi connectivity index (χ2v) is 41.8. The second-order valence-electron chi connectivity index (χ2n) is 40.7. The number of rotatable bonds is 9. The Bertz CT molecular complexity index is 9480. The summed E-state index contributed by atoms with van der Waals surface area (Å²) in [7, 11) is 0. The predicted molar refractivity (Wildman–Crippen MR) is 592 cm³/mol. The van der Waals surface area contributed by atoms with Crippen LogP contribution in [0.25, 0.3) is 237 Å². The molecule has 18 aromatic carbocycles. The molecule has 30 rings (SSSR count). The number of aromatic nitrogens is 9. The van der Waals surface area contributed by atoms with Crippen molar-refractivity contribution in [3.8, 4) is 130 Å². The lowest BCUT2D eigenvalue weighted by molar-refractivity contribution is 0.636. The summed E-state index contributed by atoms with van der Waals surface area (Å²) >= 11 is 1.87. The highest BCUT2D eigenvalue weighted by Crippen LogP contribution is 2.58. The van der Waals surface area contributed by atoms with Gasteiger partial charge in [-0.15, -0.1) is 11.3 Å². The van der Waals surface area contributed by atoms with Gasteiger partial charge in [-0.05, 0) is 159 Å². The SMILES string of the molecule is CC1(C)c2ccccc2-c2c(-c3cccc(-n4c5ccccc5c5cc6oc7ccccc7c6cc54)c3)nc(-c3ccccc3)nc21.CC1(C)c2ccccc2-c2c(-c3cccc(-n4c5ccccc5c5cc6sc7ccccc7c6cc54)c3)nc(-c3ccccc3)nc21.CC1(C)c2ccccc2-c2cc3c(cc21)c1ccccc1n3-c1ccc(-c2nc(-c3ccccc3)nc3c2-c2ccccc2C3(C)C)cc1. The van der Waals surface area contributed by atoms with Crippen LogP contribution >= 0.6 is 11.3 Å². The summed E-state index contributed by atoms with van der Waals surface area (Å²) in [6.07, 6.45) is 0. The molecule has 8 heterocycles. The molecule has 4 aliphatic rings. The van der Waals surface area contributed by atoms with Gasteiger partial charge in [-0.3, -0.25) is 0 Å². The van der Waals surface area contributed by atoms with Crippen molar-refractivity contribution in [3.05, 3.63) is 463 Å². The van der Waals surface area contributed by atoms with Crippen molar-refractivity contribution in [1.29, 1.82) is 0 Å². The van der Waals surface area contributed by atoms with E-state index in [1.165, 1.54) is 130 Å². The number of furan rings is 1. The van der Waals surface area contributed by atoms with Gasteiger partial charge in [0.25, 0.3) is 0 Å². The van der Waals surface area contributed by atoms with E-state index in [0.717, 1.165) is 152 Å². The molecule has 0 fully saturated rings. The number of nitrogens with zero attached hydrogens (tertiary/aromatic N) is 9. The molecule has 0 saturated carbocycles. The van der Waals surface area contributed by atoms with Gasteiger partial charge in [0.1, 0.15) is 11.2 Å². The van der Waals surface area contributed by atoms with Crippen LogP contribution in [0.5, 0.6) is 0 Å². The standard InChI is InChI=1S/C46H35N3.C43H29N3O.C43H29N3S/c1-45(2)36-19-11-8-16-31(36)34-27-40-35(26-38(34)45)32-17-10-13-21-39(32)49(40)30-24-22-28(23-25-30)42-41-33-18-9-12-20-37(33)46(3,4)43(41)48-44(47-42)29-14-6-5-7-15-29;2*1-43(2)34-20-9-6-19-31(34)39-40(44-42(45-41(39)43)26-13-4-3-5-14-26)27-15-12-16-28(23-27)46-35-21-10-7-17-29(35)32-25-38-33(24-36(32)46)30-18-8-11-22-37(30)47-38/h5-27H,1-4H3;2*3-25H,1-2H3. The maximum Gasteiger partial charge on any atom is 0.160 e. The number of thiophene rings is 1. The van der Waals surface area contributed by atoms with Gasteiger partial charge in [-0.2, -0.15) is 0 Å². The van der Waals surface area contributed by atoms with Crippen molar-refractivity contribution < 1.29 is 4.42 Å². The Morgan fingerprint density at radius 2 is 0.566 bits per heavy atom. The lowest BCUT2D eigenvalue weighted by Crippen LogP contribution is -2.17. The van der Waals surface area contributed by atoms with Gasteiger partial charge < -0.3 is 18.1 Å². The Morgan fingerprint density at radius 3 is 1.05 bits per heavy atom. The first-order valence-corrected chi connectivity index (χ1v) is 50.2. The van der Waals surface area contributed by atoms with E-state index in [1.54, 1.807) is 0 Å². The predicted octanol–water partition coefficient (Wildman–Crippen LogP) is 34.2. The number of benzene rings is 18. The van der Waals surface area contributed by atoms with Crippen LogP contribution in [0.4, 0.5) is 0 Å². The molecule has 0 spiro atoms. The van der Waals surface area contributed by atoms with Crippen LogP contribution in [-0.4, -0.2) is 43.6 Å². The summed E-state index contributed by atoms with van der Waals surface area (Å²) in [4.78, 5) is 31.7. The molecular formula is C132H93N9OS. The fourth-order valence-corrected chi connectivity index (χ4v) is 25.3. The average molecular weight is 1850 g/mol. The quantitative estimate of drug-likeness (QED) is 0.142. The third-order valence-corrected chi connectivity index (χ3v) is 32.2. The van der Waals surface area contributed by atoms with E-state index < -0.39 is 0 Å². The molecule has 4 aliphatic carbocycles. The summed E-state index contributed by atoms with van der Waals surface area (Å²) in [6, 6.07) is 150. The maximum atomic E-state index is 6.31. The Hall–Kier alpha value is -17.4. The zero-order valence-electron chi connectivity index (χ0n) is 80.2. The number of fused-ring (bicyclic) bond motifs is 27. The van der Waals surface area contributed by atoms with Crippen LogP contribution in [0.3, 0.4) is 0 Å². The van der Waals surface area contributed by atoms with Gasteiger partial charge in [0.15, 0.2) is 17.5 Å². The normalized spacial score (nSPS) is 14.0. The number of hydrogen-bond donors (Lipinski definition) is 0. The summed E-state index contributed by atoms with van der Waals surface area (Å²) in [5.74, 6) is 2.27. The molecule has 143 heavy (non-hydrogen) atoms. The minimum absolute atomic E-state index is 0.0471. The fraction of sp³-hybridized carbons (Fsp3) is 0.0909. The summed E-state index contributed by atoms with van der Waals surface area (Å²) in [5.41, 5.74) is 40.3. The fourth-order valence-electron chi connectivity index (χ4n) is 24.1. The summed E-state index contributed by atoms with van der Waals surface area (Å²) in [5, 5.41) is 12.3.